The molecular formula is C18H26F2N2O4. The molecule has 0 aliphatic heterocycles. The molecule has 0 aromatic heterocycles. The number of benzene rings is 1. The van der Waals surface area contributed by atoms with E-state index in [0.717, 1.165) is 0 Å². The van der Waals surface area contributed by atoms with E-state index in [1.54, 1.807) is 0 Å². The third-order valence-electron chi connectivity index (χ3n) is 5.16. The van der Waals surface area contributed by atoms with Gasteiger partial charge in [-0.2, -0.15) is 8.78 Å². The summed E-state index contributed by atoms with van der Waals surface area (Å²) in [6, 6.07) is 4.42. The number of halogens is 2. The fourth-order valence-electron chi connectivity index (χ4n) is 3.19. The van der Waals surface area contributed by atoms with E-state index in [0.29, 0.717) is 24.3 Å². The molecule has 1 amide bonds. The van der Waals surface area contributed by atoms with Crippen molar-refractivity contribution < 1.29 is 27.8 Å². The Morgan fingerprint density at radius 2 is 2.12 bits per heavy atom. The highest BCUT2D eigenvalue weighted by Gasteiger charge is 2.62. The molecule has 0 bridgehead atoms. The predicted octanol–water partition coefficient (Wildman–Crippen LogP) is 2.45. The fraction of sp³-hybridized carbons (Fsp3) is 0.611. The fourth-order valence-corrected chi connectivity index (χ4v) is 3.19. The van der Waals surface area contributed by atoms with Crippen LogP contribution in [0.3, 0.4) is 0 Å². The quantitative estimate of drug-likeness (QED) is 0.732. The van der Waals surface area contributed by atoms with Crippen molar-refractivity contribution in [2.75, 3.05) is 13.7 Å². The van der Waals surface area contributed by atoms with Gasteiger partial charge in [0.2, 0.25) is 5.91 Å². The van der Waals surface area contributed by atoms with Crippen LogP contribution >= 0.6 is 0 Å². The number of carbonyl (C=O) groups is 1. The van der Waals surface area contributed by atoms with E-state index in [2.05, 4.69) is 10.1 Å². The molecule has 6 nitrogen and oxygen atoms in total. The van der Waals surface area contributed by atoms with Crippen LogP contribution in [0.15, 0.2) is 18.2 Å². The Balaban J connectivity index is 2.10. The number of carbonyl (C=O) groups excluding carboxylic acids is 1. The Morgan fingerprint density at radius 1 is 1.42 bits per heavy atom. The van der Waals surface area contributed by atoms with Gasteiger partial charge in [-0.15, -0.1) is 0 Å². The molecule has 1 aliphatic rings. The topological polar surface area (TPSA) is 82.8 Å². The van der Waals surface area contributed by atoms with Gasteiger partial charge in [-0.1, -0.05) is 13.8 Å². The van der Waals surface area contributed by atoms with Crippen LogP contribution in [-0.4, -0.2) is 37.9 Å². The maximum atomic E-state index is 12.7. The molecule has 1 aliphatic carbocycles. The summed E-state index contributed by atoms with van der Waals surface area (Å²) in [7, 11) is 1.46. The van der Waals surface area contributed by atoms with Crippen LogP contribution in [0.2, 0.25) is 0 Å². The van der Waals surface area contributed by atoms with Crippen molar-refractivity contribution in [3.63, 3.8) is 0 Å². The van der Waals surface area contributed by atoms with Gasteiger partial charge in [-0.25, -0.2) is 0 Å². The van der Waals surface area contributed by atoms with Gasteiger partial charge < -0.3 is 25.3 Å². The lowest BCUT2D eigenvalue weighted by molar-refractivity contribution is -0.170. The van der Waals surface area contributed by atoms with Crippen molar-refractivity contribution in [2.45, 2.75) is 52.0 Å². The second-order valence-corrected chi connectivity index (χ2v) is 6.88. The first kappa shape index (κ1) is 20.4. The number of hydrogen-bond donors (Lipinski definition) is 2. The molecule has 1 aromatic carbocycles. The van der Waals surface area contributed by atoms with Crippen molar-refractivity contribution >= 4 is 5.91 Å². The van der Waals surface area contributed by atoms with Crippen LogP contribution in [0.1, 0.15) is 32.8 Å². The van der Waals surface area contributed by atoms with E-state index in [4.69, 9.17) is 15.2 Å². The largest absolute Gasteiger partial charge is 0.497 e. The van der Waals surface area contributed by atoms with Crippen LogP contribution < -0.4 is 20.5 Å². The summed E-state index contributed by atoms with van der Waals surface area (Å²) >= 11 is 0. The molecule has 26 heavy (non-hydrogen) atoms. The smallest absolute Gasteiger partial charge is 0.387 e. The number of alkyl halides is 2. The average molecular weight is 372 g/mol. The maximum absolute atomic E-state index is 12.7. The minimum atomic E-state index is -2.96. The van der Waals surface area contributed by atoms with Crippen molar-refractivity contribution in [3.8, 4) is 11.5 Å². The second-order valence-electron chi connectivity index (χ2n) is 6.88. The van der Waals surface area contributed by atoms with E-state index in [1.807, 2.05) is 20.8 Å². The van der Waals surface area contributed by atoms with Crippen LogP contribution in [0.5, 0.6) is 11.5 Å². The van der Waals surface area contributed by atoms with E-state index in [9.17, 15) is 13.6 Å². The first-order valence-corrected chi connectivity index (χ1v) is 8.46. The molecule has 2 unspecified atom stereocenters. The average Bonchev–Trinajstić information content (AvgIpc) is 2.59. The van der Waals surface area contributed by atoms with Crippen LogP contribution in [0.4, 0.5) is 8.78 Å². The molecule has 1 fully saturated rings. The molecule has 8 heteroatoms. The zero-order valence-corrected chi connectivity index (χ0v) is 15.5. The summed E-state index contributed by atoms with van der Waals surface area (Å²) in [5.41, 5.74) is 5.07. The highest BCUT2D eigenvalue weighted by molar-refractivity contribution is 5.88. The van der Waals surface area contributed by atoms with Gasteiger partial charge in [0.25, 0.3) is 0 Å². The number of amides is 1. The van der Waals surface area contributed by atoms with Crippen molar-refractivity contribution in [2.24, 2.45) is 11.1 Å². The van der Waals surface area contributed by atoms with Crippen molar-refractivity contribution in [3.05, 3.63) is 23.8 Å². The van der Waals surface area contributed by atoms with Gasteiger partial charge in [-0.05, 0) is 25.1 Å². The number of nitrogens with one attached hydrogen (secondary N) is 1. The van der Waals surface area contributed by atoms with Gasteiger partial charge in [0, 0.05) is 30.6 Å². The summed E-state index contributed by atoms with van der Waals surface area (Å²) < 4.78 is 40.4. The van der Waals surface area contributed by atoms with E-state index >= 15 is 0 Å². The molecule has 0 saturated heterocycles. The maximum Gasteiger partial charge on any atom is 0.387 e. The van der Waals surface area contributed by atoms with Crippen LogP contribution in [0.25, 0.3) is 0 Å². The standard InChI is InChI=1S/C18H26F2N2O4/c1-5-25-14-9-18(21,17(14,2)3)15(23)22-10-11-8-12(24-4)6-7-13(11)26-16(19)20/h6-8,14,16H,5,9-10,21H2,1-4H3,(H,22,23). The number of hydrogen-bond acceptors (Lipinski definition) is 5. The minimum Gasteiger partial charge on any atom is -0.497 e. The lowest BCUT2D eigenvalue weighted by Gasteiger charge is -2.57. The number of rotatable bonds is 8. The molecule has 146 valence electrons. The number of nitrogens with two attached hydrogens (primary N) is 1. The summed E-state index contributed by atoms with van der Waals surface area (Å²) in [6.07, 6.45) is 0.302. The first-order chi connectivity index (χ1) is 12.2. The molecular weight excluding hydrogens is 346 g/mol. The Kier molecular flexibility index (Phi) is 6.08. The van der Waals surface area contributed by atoms with Gasteiger partial charge in [0.1, 0.15) is 17.0 Å². The Morgan fingerprint density at radius 3 is 2.65 bits per heavy atom. The molecule has 0 heterocycles. The van der Waals surface area contributed by atoms with Gasteiger partial charge in [-0.3, -0.25) is 4.79 Å². The third-order valence-corrected chi connectivity index (χ3v) is 5.16. The Hall–Kier alpha value is -1.93. The van der Waals surface area contributed by atoms with Crippen LogP contribution in [0, 0.1) is 5.41 Å². The summed E-state index contributed by atoms with van der Waals surface area (Å²) in [5.74, 6) is 0.0928. The molecule has 0 spiro atoms. The lowest BCUT2D eigenvalue weighted by atomic mass is 9.54. The Labute approximate surface area is 152 Å². The van der Waals surface area contributed by atoms with Gasteiger partial charge in [0.05, 0.1) is 13.2 Å². The molecule has 2 rings (SSSR count). The molecule has 3 N–H and O–H groups in total. The Bertz CT molecular complexity index is 654. The minimum absolute atomic E-state index is 0.00752. The monoisotopic (exact) mass is 372 g/mol. The normalized spacial score (nSPS) is 24.1. The molecule has 1 saturated carbocycles. The second kappa shape index (κ2) is 7.75. The lowest BCUT2D eigenvalue weighted by Crippen LogP contribution is -2.75. The summed E-state index contributed by atoms with van der Waals surface area (Å²) in [5, 5.41) is 2.72. The predicted molar refractivity (Wildman–Crippen MR) is 92.2 cm³/mol. The summed E-state index contributed by atoms with van der Waals surface area (Å²) in [6.45, 7) is 3.23. The highest BCUT2D eigenvalue weighted by Crippen LogP contribution is 2.49. The van der Waals surface area contributed by atoms with E-state index in [1.165, 1.54) is 25.3 Å². The van der Waals surface area contributed by atoms with Gasteiger partial charge >= 0.3 is 6.61 Å². The highest BCUT2D eigenvalue weighted by atomic mass is 19.3. The summed E-state index contributed by atoms with van der Waals surface area (Å²) in [4.78, 5) is 12.7. The van der Waals surface area contributed by atoms with Crippen molar-refractivity contribution in [1.82, 2.24) is 5.32 Å². The number of methoxy groups -OCH3 is 1. The van der Waals surface area contributed by atoms with E-state index < -0.39 is 17.6 Å². The molecule has 1 aromatic rings. The van der Waals surface area contributed by atoms with Crippen LogP contribution in [-0.2, 0) is 16.1 Å². The molecule has 0 radical (unpaired) electrons. The zero-order valence-electron chi connectivity index (χ0n) is 15.5. The zero-order chi connectivity index (χ0) is 19.5. The first-order valence-electron chi connectivity index (χ1n) is 8.46. The molecule has 2 atom stereocenters. The van der Waals surface area contributed by atoms with Gasteiger partial charge in [0.15, 0.2) is 0 Å². The third kappa shape index (κ3) is 3.76. The number of ether oxygens (including phenoxy) is 3. The van der Waals surface area contributed by atoms with E-state index in [-0.39, 0.29) is 24.3 Å². The SMILES string of the molecule is CCOC1CC(N)(C(=O)NCc2cc(OC)ccc2OC(F)F)C1(C)C. The van der Waals surface area contributed by atoms with Crippen molar-refractivity contribution in [1.29, 1.82) is 0 Å².